The molecule has 7 aromatic rings. The van der Waals surface area contributed by atoms with Crippen molar-refractivity contribution in [3.8, 4) is 0 Å². The van der Waals surface area contributed by atoms with E-state index in [-0.39, 0.29) is 0 Å². The molecule has 4 aromatic carbocycles. The van der Waals surface area contributed by atoms with E-state index in [0.29, 0.717) is 0 Å². The number of hydrogen-bond donors (Lipinski definition) is 1. The van der Waals surface area contributed by atoms with Gasteiger partial charge in [0.05, 0.1) is 5.52 Å². The van der Waals surface area contributed by atoms with Crippen LogP contribution >= 0.6 is 0 Å². The number of rotatable bonds is 0. The van der Waals surface area contributed by atoms with Crippen molar-refractivity contribution in [2.24, 2.45) is 0 Å². The number of para-hydroxylation sites is 2. The Hall–Kier alpha value is -3.72. The molecule has 3 heteroatoms. The van der Waals surface area contributed by atoms with Crippen molar-refractivity contribution in [1.29, 1.82) is 0 Å². The summed E-state index contributed by atoms with van der Waals surface area (Å²) in [6.07, 6.45) is 0. The summed E-state index contributed by atoms with van der Waals surface area (Å²) in [7, 11) is 0. The van der Waals surface area contributed by atoms with E-state index in [9.17, 15) is 0 Å². The summed E-state index contributed by atoms with van der Waals surface area (Å²) < 4.78 is 12.2. The van der Waals surface area contributed by atoms with Crippen LogP contribution in [0.3, 0.4) is 0 Å². The predicted octanol–water partition coefficient (Wildman–Crippen LogP) is 7.12. The second-order valence-corrected chi connectivity index (χ2v) is 7.11. The van der Waals surface area contributed by atoms with Crippen LogP contribution in [0.1, 0.15) is 0 Å². The van der Waals surface area contributed by atoms with E-state index in [1.807, 2.05) is 24.3 Å². The average Bonchev–Trinajstić information content (AvgIpc) is 3.34. The van der Waals surface area contributed by atoms with Crippen LogP contribution in [0.15, 0.2) is 81.6 Å². The Morgan fingerprint density at radius 1 is 0.444 bits per heavy atom. The third-order valence-corrected chi connectivity index (χ3v) is 5.60. The minimum absolute atomic E-state index is 0.855. The molecule has 0 saturated heterocycles. The highest BCUT2D eigenvalue weighted by Gasteiger charge is 2.15. The lowest BCUT2D eigenvalue weighted by Crippen LogP contribution is -1.70. The SMILES string of the molecule is c1ccc2c(c1)[nH]c1cc3oc4cc5oc6ccccc6c5cc4c3cc12. The third kappa shape index (κ3) is 1.66. The van der Waals surface area contributed by atoms with E-state index in [4.69, 9.17) is 8.83 Å². The van der Waals surface area contributed by atoms with Crippen molar-refractivity contribution in [2.45, 2.75) is 0 Å². The van der Waals surface area contributed by atoms with Gasteiger partial charge in [-0.2, -0.15) is 0 Å². The number of furan rings is 2. The summed E-state index contributed by atoms with van der Waals surface area (Å²) in [6, 6.07) is 25.1. The normalized spacial score (nSPS) is 12.4. The largest absolute Gasteiger partial charge is 0.456 e. The van der Waals surface area contributed by atoms with E-state index < -0.39 is 0 Å². The van der Waals surface area contributed by atoms with Gasteiger partial charge in [-0.1, -0.05) is 36.4 Å². The van der Waals surface area contributed by atoms with Gasteiger partial charge in [0.2, 0.25) is 0 Å². The van der Waals surface area contributed by atoms with Crippen molar-refractivity contribution >= 4 is 65.7 Å². The first-order valence-electron chi connectivity index (χ1n) is 9.03. The quantitative estimate of drug-likeness (QED) is 0.317. The maximum Gasteiger partial charge on any atom is 0.139 e. The second kappa shape index (κ2) is 4.51. The summed E-state index contributed by atoms with van der Waals surface area (Å²) >= 11 is 0. The zero-order valence-corrected chi connectivity index (χ0v) is 14.2. The Kier molecular flexibility index (Phi) is 2.25. The summed E-state index contributed by atoms with van der Waals surface area (Å²) in [5, 5.41) is 6.97. The maximum absolute atomic E-state index is 6.18. The molecule has 0 aliphatic carbocycles. The van der Waals surface area contributed by atoms with Gasteiger partial charge in [0, 0.05) is 50.0 Å². The van der Waals surface area contributed by atoms with Gasteiger partial charge in [-0.3, -0.25) is 0 Å². The van der Waals surface area contributed by atoms with Crippen molar-refractivity contribution in [3.63, 3.8) is 0 Å². The first-order valence-corrected chi connectivity index (χ1v) is 9.03. The zero-order chi connectivity index (χ0) is 17.5. The van der Waals surface area contributed by atoms with Crippen LogP contribution < -0.4 is 0 Å². The highest BCUT2D eigenvalue weighted by molar-refractivity contribution is 6.19. The number of H-pyrrole nitrogens is 1. The first kappa shape index (κ1) is 13.5. The first-order chi connectivity index (χ1) is 13.3. The van der Waals surface area contributed by atoms with Crippen LogP contribution in [0.5, 0.6) is 0 Å². The van der Waals surface area contributed by atoms with Crippen molar-refractivity contribution < 1.29 is 8.83 Å². The molecule has 27 heavy (non-hydrogen) atoms. The summed E-state index contributed by atoms with van der Waals surface area (Å²) in [5.74, 6) is 0. The Morgan fingerprint density at radius 3 is 1.96 bits per heavy atom. The van der Waals surface area contributed by atoms with Crippen molar-refractivity contribution in [3.05, 3.63) is 72.8 Å². The van der Waals surface area contributed by atoms with Gasteiger partial charge in [-0.25, -0.2) is 0 Å². The predicted molar refractivity (Wildman–Crippen MR) is 110 cm³/mol. The molecular formula is C24H13NO2. The molecule has 0 unspecified atom stereocenters. The second-order valence-electron chi connectivity index (χ2n) is 7.11. The molecule has 3 heterocycles. The van der Waals surface area contributed by atoms with Crippen LogP contribution in [-0.2, 0) is 0 Å². The van der Waals surface area contributed by atoms with Crippen LogP contribution in [0, 0.1) is 0 Å². The lowest BCUT2D eigenvalue weighted by atomic mass is 10.1. The number of aromatic nitrogens is 1. The Morgan fingerprint density at radius 2 is 1.07 bits per heavy atom. The topological polar surface area (TPSA) is 42.1 Å². The molecule has 3 nitrogen and oxygen atoms in total. The fourth-order valence-corrected chi connectivity index (χ4v) is 4.34. The molecule has 1 N–H and O–H groups in total. The van der Waals surface area contributed by atoms with E-state index in [1.54, 1.807) is 0 Å². The number of benzene rings is 4. The van der Waals surface area contributed by atoms with Gasteiger partial charge in [0.1, 0.15) is 22.3 Å². The molecule has 0 amide bonds. The van der Waals surface area contributed by atoms with Crippen molar-refractivity contribution in [1.82, 2.24) is 4.98 Å². The molecule has 0 bridgehead atoms. The fourth-order valence-electron chi connectivity index (χ4n) is 4.34. The highest BCUT2D eigenvalue weighted by atomic mass is 16.3. The molecule has 0 aliphatic rings. The number of fused-ring (bicyclic) bond motifs is 9. The molecule has 0 aliphatic heterocycles. The molecule has 7 rings (SSSR count). The standard InChI is InChI=1S/C24H13NO2/c1-3-7-19-13(5-1)15-9-17-18-10-16-14-6-2-4-8-21(14)26-23(16)12-24(18)27-22(17)11-20(15)25-19/h1-12,25H. The molecule has 0 fully saturated rings. The number of aromatic amines is 1. The summed E-state index contributed by atoms with van der Waals surface area (Å²) in [6.45, 7) is 0. The summed E-state index contributed by atoms with van der Waals surface area (Å²) in [5.41, 5.74) is 5.75. The Labute approximate surface area is 152 Å². The van der Waals surface area contributed by atoms with Crippen LogP contribution in [0.2, 0.25) is 0 Å². The molecule has 0 saturated carbocycles. The maximum atomic E-state index is 6.18. The van der Waals surface area contributed by atoms with E-state index in [1.165, 1.54) is 10.8 Å². The minimum atomic E-state index is 0.855. The van der Waals surface area contributed by atoms with Gasteiger partial charge in [0.15, 0.2) is 0 Å². The molecule has 0 radical (unpaired) electrons. The Bertz CT molecular complexity index is 1550. The molecule has 3 aromatic heterocycles. The van der Waals surface area contributed by atoms with Gasteiger partial charge < -0.3 is 13.8 Å². The third-order valence-electron chi connectivity index (χ3n) is 5.60. The van der Waals surface area contributed by atoms with E-state index in [0.717, 1.165) is 54.9 Å². The monoisotopic (exact) mass is 347 g/mol. The van der Waals surface area contributed by atoms with Gasteiger partial charge in [-0.15, -0.1) is 0 Å². The molecule has 126 valence electrons. The lowest BCUT2D eigenvalue weighted by molar-refractivity contribution is 0.656. The molecular weight excluding hydrogens is 334 g/mol. The number of nitrogens with one attached hydrogen (secondary N) is 1. The van der Waals surface area contributed by atoms with Gasteiger partial charge in [0.25, 0.3) is 0 Å². The van der Waals surface area contributed by atoms with Crippen molar-refractivity contribution in [2.75, 3.05) is 0 Å². The average molecular weight is 347 g/mol. The molecule has 0 atom stereocenters. The Balaban J connectivity index is 1.67. The lowest BCUT2D eigenvalue weighted by Gasteiger charge is -1.93. The van der Waals surface area contributed by atoms with Crippen LogP contribution in [-0.4, -0.2) is 4.98 Å². The van der Waals surface area contributed by atoms with E-state index >= 15 is 0 Å². The van der Waals surface area contributed by atoms with Crippen LogP contribution in [0.4, 0.5) is 0 Å². The highest BCUT2D eigenvalue weighted by Crippen LogP contribution is 2.38. The number of hydrogen-bond acceptors (Lipinski definition) is 2. The van der Waals surface area contributed by atoms with Gasteiger partial charge in [-0.05, 0) is 24.3 Å². The molecule has 0 spiro atoms. The van der Waals surface area contributed by atoms with Crippen LogP contribution in [0.25, 0.3) is 65.7 Å². The fraction of sp³-hybridized carbons (Fsp3) is 0. The van der Waals surface area contributed by atoms with Gasteiger partial charge >= 0.3 is 0 Å². The minimum Gasteiger partial charge on any atom is -0.456 e. The smallest absolute Gasteiger partial charge is 0.139 e. The summed E-state index contributed by atoms with van der Waals surface area (Å²) in [4.78, 5) is 3.49. The zero-order valence-electron chi connectivity index (χ0n) is 14.2. The van der Waals surface area contributed by atoms with E-state index in [2.05, 4.69) is 53.5 Å².